The highest BCUT2D eigenvalue weighted by molar-refractivity contribution is 9.11. The Morgan fingerprint density at radius 3 is 2.59 bits per heavy atom. The lowest BCUT2D eigenvalue weighted by Crippen LogP contribution is -2.38. The highest BCUT2D eigenvalue weighted by Crippen LogP contribution is 2.26. The maximum Gasteiger partial charge on any atom is 0.332 e. The van der Waals surface area contributed by atoms with Gasteiger partial charge in [-0.25, -0.2) is 13.6 Å². The van der Waals surface area contributed by atoms with Crippen molar-refractivity contribution in [1.29, 1.82) is 0 Å². The van der Waals surface area contributed by atoms with Crippen molar-refractivity contribution in [2.75, 3.05) is 0 Å². The van der Waals surface area contributed by atoms with Crippen molar-refractivity contribution in [2.45, 2.75) is 6.54 Å². The number of rotatable bonds is 2. The molecule has 0 aliphatic carbocycles. The Kier molecular flexibility index (Phi) is 3.73. The number of benzene rings is 1. The van der Waals surface area contributed by atoms with Crippen LogP contribution in [0.4, 0.5) is 8.78 Å². The molecule has 0 N–H and O–H groups in total. The number of thiophene rings is 1. The zero-order valence-electron chi connectivity index (χ0n) is 11.3. The molecule has 4 nitrogen and oxygen atoms in total. The number of hydrogen-bond donors (Lipinski definition) is 0. The van der Waals surface area contributed by atoms with Gasteiger partial charge in [0.05, 0.1) is 15.7 Å². The number of aromatic nitrogens is 2. The summed E-state index contributed by atoms with van der Waals surface area (Å²) >= 11 is 4.57. The summed E-state index contributed by atoms with van der Waals surface area (Å²) in [5.41, 5.74) is -0.617. The fourth-order valence-electron chi connectivity index (χ4n) is 2.21. The minimum Gasteiger partial charge on any atom is -0.287 e. The minimum absolute atomic E-state index is 0.119. The third-order valence-corrected chi connectivity index (χ3v) is 5.02. The van der Waals surface area contributed by atoms with Gasteiger partial charge in [-0.3, -0.25) is 13.9 Å². The molecular weight excluding hydrogens is 378 g/mol. The summed E-state index contributed by atoms with van der Waals surface area (Å²) in [5.74, 6) is -1.98. The Morgan fingerprint density at radius 2 is 1.91 bits per heavy atom. The van der Waals surface area contributed by atoms with Crippen LogP contribution in [0, 0.1) is 11.6 Å². The molecule has 0 spiro atoms. The molecule has 0 atom stereocenters. The van der Waals surface area contributed by atoms with Crippen LogP contribution in [0.1, 0.15) is 5.56 Å². The van der Waals surface area contributed by atoms with Crippen LogP contribution in [-0.4, -0.2) is 9.13 Å². The molecule has 0 unspecified atom stereocenters. The van der Waals surface area contributed by atoms with Crippen LogP contribution in [0.25, 0.3) is 10.2 Å². The molecule has 1 aromatic carbocycles. The summed E-state index contributed by atoms with van der Waals surface area (Å²) in [7, 11) is 1.56. The Hall–Kier alpha value is -1.80. The van der Waals surface area contributed by atoms with Gasteiger partial charge >= 0.3 is 5.69 Å². The molecule has 0 saturated heterocycles. The average Bonchev–Trinajstić information content (AvgIpc) is 2.87. The molecule has 0 aliphatic heterocycles. The highest BCUT2D eigenvalue weighted by Gasteiger charge is 2.14. The van der Waals surface area contributed by atoms with E-state index >= 15 is 0 Å². The van der Waals surface area contributed by atoms with Crippen LogP contribution in [0.3, 0.4) is 0 Å². The molecule has 0 fully saturated rings. The summed E-state index contributed by atoms with van der Waals surface area (Å²) < 4.78 is 29.3. The fourth-order valence-corrected chi connectivity index (χ4v) is 3.74. The molecule has 3 aromatic rings. The summed E-state index contributed by atoms with van der Waals surface area (Å²) in [6, 6.07) is 4.94. The molecular formula is C14H9BrF2N2O2S. The van der Waals surface area contributed by atoms with Gasteiger partial charge in [-0.2, -0.15) is 0 Å². The van der Waals surface area contributed by atoms with E-state index in [1.54, 1.807) is 13.1 Å². The Morgan fingerprint density at radius 1 is 1.18 bits per heavy atom. The van der Waals surface area contributed by atoms with Gasteiger partial charge in [-0.05, 0) is 39.7 Å². The standard InChI is InChI=1S/C14H9BrF2N2O2S/c1-18-13-8(5-11(15)22-13)12(20)19(14(18)21)6-7-2-3-9(16)10(17)4-7/h2-5H,6H2,1H3. The maximum absolute atomic E-state index is 13.3. The van der Waals surface area contributed by atoms with Gasteiger partial charge in [0.2, 0.25) is 0 Å². The molecule has 2 aromatic heterocycles. The van der Waals surface area contributed by atoms with Crippen LogP contribution < -0.4 is 11.2 Å². The van der Waals surface area contributed by atoms with Crippen LogP contribution in [0.5, 0.6) is 0 Å². The summed E-state index contributed by atoms with van der Waals surface area (Å²) in [6.07, 6.45) is 0. The number of nitrogens with zero attached hydrogens (tertiary/aromatic N) is 2. The summed E-state index contributed by atoms with van der Waals surface area (Å²) in [5, 5.41) is 0.404. The van der Waals surface area contributed by atoms with Crippen molar-refractivity contribution in [2.24, 2.45) is 7.05 Å². The zero-order chi connectivity index (χ0) is 16.0. The van der Waals surface area contributed by atoms with E-state index in [2.05, 4.69) is 15.9 Å². The number of halogens is 3. The SMILES string of the molecule is Cn1c(=O)n(Cc2ccc(F)c(F)c2)c(=O)c2cc(Br)sc21. The lowest BCUT2D eigenvalue weighted by atomic mass is 10.2. The first-order valence-corrected chi connectivity index (χ1v) is 7.82. The van der Waals surface area contributed by atoms with E-state index in [4.69, 9.17) is 0 Å². The van der Waals surface area contributed by atoms with E-state index in [9.17, 15) is 18.4 Å². The van der Waals surface area contributed by atoms with Crippen molar-refractivity contribution in [3.8, 4) is 0 Å². The van der Waals surface area contributed by atoms with Crippen LogP contribution >= 0.6 is 27.3 Å². The molecule has 0 bridgehead atoms. The predicted molar refractivity (Wildman–Crippen MR) is 84.5 cm³/mol. The average molecular weight is 387 g/mol. The molecule has 0 radical (unpaired) electrons. The van der Waals surface area contributed by atoms with Crippen LogP contribution in [0.15, 0.2) is 37.6 Å². The molecule has 3 rings (SSSR count). The maximum atomic E-state index is 13.3. The summed E-state index contributed by atoms with van der Waals surface area (Å²) in [6.45, 7) is -0.119. The van der Waals surface area contributed by atoms with Crippen molar-refractivity contribution in [3.63, 3.8) is 0 Å². The van der Waals surface area contributed by atoms with Gasteiger partial charge in [0.1, 0.15) is 4.83 Å². The lowest BCUT2D eigenvalue weighted by Gasteiger charge is -2.08. The van der Waals surface area contributed by atoms with Gasteiger partial charge in [0, 0.05) is 7.05 Å². The monoisotopic (exact) mass is 386 g/mol. The fraction of sp³-hybridized carbons (Fsp3) is 0.143. The molecule has 114 valence electrons. The first-order chi connectivity index (χ1) is 10.4. The Labute approximate surface area is 135 Å². The molecule has 22 heavy (non-hydrogen) atoms. The third kappa shape index (κ3) is 2.42. The van der Waals surface area contributed by atoms with Gasteiger partial charge < -0.3 is 0 Å². The van der Waals surface area contributed by atoms with Crippen molar-refractivity contribution in [3.05, 3.63) is 66.1 Å². The van der Waals surface area contributed by atoms with E-state index in [1.807, 2.05) is 0 Å². The van der Waals surface area contributed by atoms with Gasteiger partial charge in [0.15, 0.2) is 11.6 Å². The molecule has 0 saturated carbocycles. The van der Waals surface area contributed by atoms with Gasteiger partial charge in [-0.15, -0.1) is 11.3 Å². The number of hydrogen-bond acceptors (Lipinski definition) is 3. The van der Waals surface area contributed by atoms with E-state index in [0.717, 1.165) is 20.5 Å². The Balaban J connectivity index is 2.20. The normalized spacial score (nSPS) is 11.3. The van der Waals surface area contributed by atoms with Crippen LogP contribution in [0.2, 0.25) is 0 Å². The predicted octanol–water partition coefficient (Wildman–Crippen LogP) is 2.85. The largest absolute Gasteiger partial charge is 0.332 e. The minimum atomic E-state index is -1.01. The molecule has 8 heteroatoms. The number of aryl methyl sites for hydroxylation is 1. The van der Waals surface area contributed by atoms with Crippen molar-refractivity contribution in [1.82, 2.24) is 9.13 Å². The van der Waals surface area contributed by atoms with E-state index in [1.165, 1.54) is 22.0 Å². The Bertz CT molecular complexity index is 1010. The first-order valence-electron chi connectivity index (χ1n) is 6.21. The smallest absolute Gasteiger partial charge is 0.287 e. The van der Waals surface area contributed by atoms with Gasteiger partial charge in [0.25, 0.3) is 5.56 Å². The topological polar surface area (TPSA) is 44.0 Å². The van der Waals surface area contributed by atoms with Crippen molar-refractivity contribution >= 4 is 37.5 Å². The molecule has 0 amide bonds. The second kappa shape index (κ2) is 5.44. The van der Waals surface area contributed by atoms with E-state index in [0.29, 0.717) is 15.8 Å². The van der Waals surface area contributed by atoms with E-state index in [-0.39, 0.29) is 6.54 Å². The number of fused-ring (bicyclic) bond motifs is 1. The van der Waals surface area contributed by atoms with Crippen molar-refractivity contribution < 1.29 is 8.78 Å². The molecule has 0 aliphatic rings. The lowest BCUT2D eigenvalue weighted by molar-refractivity contribution is 0.506. The van der Waals surface area contributed by atoms with Gasteiger partial charge in [-0.1, -0.05) is 6.07 Å². The first kappa shape index (κ1) is 15.1. The molecule has 2 heterocycles. The zero-order valence-corrected chi connectivity index (χ0v) is 13.7. The van der Waals surface area contributed by atoms with E-state index < -0.39 is 22.9 Å². The third-order valence-electron chi connectivity index (χ3n) is 3.31. The quantitative estimate of drug-likeness (QED) is 0.679. The highest BCUT2D eigenvalue weighted by atomic mass is 79.9. The van der Waals surface area contributed by atoms with Crippen LogP contribution in [-0.2, 0) is 13.6 Å². The second-order valence-corrected chi connectivity index (χ2v) is 7.16. The summed E-state index contributed by atoms with van der Waals surface area (Å²) in [4.78, 5) is 25.3. The second-order valence-electron chi connectivity index (χ2n) is 4.75.